The van der Waals surface area contributed by atoms with Crippen molar-refractivity contribution in [1.82, 2.24) is 9.55 Å². The maximum absolute atomic E-state index is 6.38. The summed E-state index contributed by atoms with van der Waals surface area (Å²) < 4.78 is 13.3. The van der Waals surface area contributed by atoms with E-state index in [1.807, 2.05) is 54.6 Å². The number of nitrogens with zero attached hydrogens (tertiary/aromatic N) is 2. The Morgan fingerprint density at radius 2 is 1.62 bits per heavy atom. The van der Waals surface area contributed by atoms with Gasteiger partial charge >= 0.3 is 0 Å². The van der Waals surface area contributed by atoms with Crippen molar-refractivity contribution in [2.24, 2.45) is 0 Å². The molecular weight excluding hydrogens is 384 g/mol. The molecule has 4 nitrogen and oxygen atoms in total. The average Bonchev–Trinajstić information content (AvgIpc) is 3.10. The van der Waals surface area contributed by atoms with Gasteiger partial charge in [-0.3, -0.25) is 0 Å². The third-order valence-corrected chi connectivity index (χ3v) is 5.26. The Labute approximate surface area is 175 Å². The number of hydrogen-bond acceptors (Lipinski definition) is 3. The highest BCUT2D eigenvalue weighted by atomic mass is 35.5. The molecule has 0 radical (unpaired) electrons. The molecule has 0 aliphatic rings. The largest absolute Gasteiger partial charge is 0.497 e. The summed E-state index contributed by atoms with van der Waals surface area (Å²) in [5, 5.41) is 0.772. The molecular formula is C24H23ClN2O2. The zero-order chi connectivity index (χ0) is 20.1. The van der Waals surface area contributed by atoms with E-state index in [4.69, 9.17) is 26.1 Å². The lowest BCUT2D eigenvalue weighted by Crippen LogP contribution is -2.08. The first-order chi connectivity index (χ1) is 14.2. The minimum Gasteiger partial charge on any atom is -0.497 e. The maximum Gasteiger partial charge on any atom is 0.119 e. The van der Waals surface area contributed by atoms with Crippen molar-refractivity contribution in [1.29, 1.82) is 0 Å². The van der Waals surface area contributed by atoms with Crippen LogP contribution in [0.1, 0.15) is 17.8 Å². The first kappa shape index (κ1) is 19.3. The molecule has 3 aromatic carbocycles. The molecule has 0 fully saturated rings. The summed E-state index contributed by atoms with van der Waals surface area (Å²) in [6.07, 6.45) is 1.58. The van der Waals surface area contributed by atoms with E-state index in [2.05, 4.69) is 22.8 Å². The highest BCUT2D eigenvalue weighted by molar-refractivity contribution is 6.31. The van der Waals surface area contributed by atoms with E-state index in [0.29, 0.717) is 13.0 Å². The molecule has 0 amide bonds. The number of methoxy groups -OCH3 is 1. The first-order valence-corrected chi connectivity index (χ1v) is 10.1. The molecule has 5 heteroatoms. The molecule has 4 rings (SSSR count). The summed E-state index contributed by atoms with van der Waals surface area (Å²) in [6, 6.07) is 23.8. The van der Waals surface area contributed by atoms with E-state index in [9.17, 15) is 0 Å². The SMILES string of the molecule is COc1ccc(OCCCn2c(Cc3ccccc3Cl)nc3ccccc32)cc1. The Morgan fingerprint density at radius 3 is 2.41 bits per heavy atom. The molecule has 29 heavy (non-hydrogen) atoms. The second kappa shape index (κ2) is 9.01. The number of ether oxygens (including phenoxy) is 2. The summed E-state index contributed by atoms with van der Waals surface area (Å²) in [7, 11) is 1.66. The van der Waals surface area contributed by atoms with Crippen LogP contribution in [0.3, 0.4) is 0 Å². The zero-order valence-corrected chi connectivity index (χ0v) is 17.1. The number of aromatic nitrogens is 2. The van der Waals surface area contributed by atoms with Crippen LogP contribution in [0.2, 0.25) is 5.02 Å². The van der Waals surface area contributed by atoms with Crippen molar-refractivity contribution in [2.75, 3.05) is 13.7 Å². The van der Waals surface area contributed by atoms with Gasteiger partial charge in [-0.05, 0) is 54.4 Å². The lowest BCUT2D eigenvalue weighted by Gasteiger charge is -2.11. The van der Waals surface area contributed by atoms with E-state index in [1.165, 1.54) is 0 Å². The van der Waals surface area contributed by atoms with Gasteiger partial charge in [0.2, 0.25) is 0 Å². The van der Waals surface area contributed by atoms with E-state index in [1.54, 1.807) is 7.11 Å². The quantitative estimate of drug-likeness (QED) is 0.349. The minimum atomic E-state index is 0.629. The molecule has 0 N–H and O–H groups in total. The van der Waals surface area contributed by atoms with Gasteiger partial charge in [-0.25, -0.2) is 4.98 Å². The van der Waals surface area contributed by atoms with Crippen molar-refractivity contribution in [3.05, 3.63) is 89.2 Å². The van der Waals surface area contributed by atoms with Crippen molar-refractivity contribution in [3.63, 3.8) is 0 Å². The zero-order valence-electron chi connectivity index (χ0n) is 16.3. The maximum atomic E-state index is 6.38. The molecule has 4 aromatic rings. The Bertz CT molecular complexity index is 1090. The lowest BCUT2D eigenvalue weighted by atomic mass is 10.1. The van der Waals surface area contributed by atoms with Crippen molar-refractivity contribution < 1.29 is 9.47 Å². The predicted molar refractivity (Wildman–Crippen MR) is 117 cm³/mol. The van der Waals surface area contributed by atoms with E-state index < -0.39 is 0 Å². The van der Waals surface area contributed by atoms with Crippen molar-refractivity contribution >= 4 is 22.6 Å². The predicted octanol–water partition coefficient (Wildman–Crippen LogP) is 5.76. The van der Waals surface area contributed by atoms with Crippen LogP contribution < -0.4 is 9.47 Å². The second-order valence-electron chi connectivity index (χ2n) is 6.81. The summed E-state index contributed by atoms with van der Waals surface area (Å²) in [5.41, 5.74) is 3.23. The number of rotatable bonds is 8. The number of imidazole rings is 1. The van der Waals surface area contributed by atoms with Gasteiger partial charge in [-0.2, -0.15) is 0 Å². The van der Waals surface area contributed by atoms with Gasteiger partial charge in [0.05, 0.1) is 24.8 Å². The van der Waals surface area contributed by atoms with Crippen LogP contribution in [0.5, 0.6) is 11.5 Å². The fraction of sp³-hybridized carbons (Fsp3) is 0.208. The molecule has 0 saturated heterocycles. The minimum absolute atomic E-state index is 0.629. The number of benzene rings is 3. The topological polar surface area (TPSA) is 36.3 Å². The summed E-state index contributed by atoms with van der Waals surface area (Å²) in [6.45, 7) is 1.46. The molecule has 1 heterocycles. The monoisotopic (exact) mass is 406 g/mol. The smallest absolute Gasteiger partial charge is 0.119 e. The number of halogens is 1. The number of para-hydroxylation sites is 2. The second-order valence-corrected chi connectivity index (χ2v) is 7.22. The van der Waals surface area contributed by atoms with Gasteiger partial charge in [-0.1, -0.05) is 41.9 Å². The van der Waals surface area contributed by atoms with Crippen LogP contribution in [0.15, 0.2) is 72.8 Å². The summed E-state index contributed by atoms with van der Waals surface area (Å²) in [5.74, 6) is 2.69. The first-order valence-electron chi connectivity index (χ1n) is 9.69. The molecule has 0 spiro atoms. The normalized spacial score (nSPS) is 11.0. The van der Waals surface area contributed by atoms with Gasteiger partial charge in [0.25, 0.3) is 0 Å². The molecule has 0 aliphatic carbocycles. The molecule has 0 saturated carbocycles. The molecule has 1 aromatic heterocycles. The van der Waals surface area contributed by atoms with E-state index in [-0.39, 0.29) is 0 Å². The fourth-order valence-corrected chi connectivity index (χ4v) is 3.61. The van der Waals surface area contributed by atoms with Crippen LogP contribution in [0.25, 0.3) is 11.0 Å². The highest BCUT2D eigenvalue weighted by Crippen LogP contribution is 2.23. The molecule has 0 unspecified atom stereocenters. The van der Waals surface area contributed by atoms with Gasteiger partial charge in [0.15, 0.2) is 0 Å². The van der Waals surface area contributed by atoms with Crippen molar-refractivity contribution in [3.8, 4) is 11.5 Å². The Balaban J connectivity index is 1.47. The molecule has 148 valence electrons. The van der Waals surface area contributed by atoms with Gasteiger partial charge < -0.3 is 14.0 Å². The number of hydrogen-bond donors (Lipinski definition) is 0. The molecule has 0 aliphatic heterocycles. The Morgan fingerprint density at radius 1 is 0.897 bits per heavy atom. The van der Waals surface area contributed by atoms with Crippen LogP contribution in [0, 0.1) is 0 Å². The Hall–Kier alpha value is -2.98. The molecule has 0 bridgehead atoms. The summed E-state index contributed by atoms with van der Waals surface area (Å²) >= 11 is 6.38. The number of aryl methyl sites for hydroxylation is 1. The highest BCUT2D eigenvalue weighted by Gasteiger charge is 2.12. The van der Waals surface area contributed by atoms with Crippen LogP contribution in [-0.4, -0.2) is 23.3 Å². The molecule has 0 atom stereocenters. The third-order valence-electron chi connectivity index (χ3n) is 4.89. The third kappa shape index (κ3) is 4.54. The average molecular weight is 407 g/mol. The van der Waals surface area contributed by atoms with Gasteiger partial charge in [0.1, 0.15) is 17.3 Å². The number of fused-ring (bicyclic) bond motifs is 1. The standard InChI is InChI=1S/C24H23ClN2O2/c1-28-19-11-13-20(14-12-19)29-16-6-15-27-23-10-5-4-9-22(23)26-24(27)17-18-7-2-3-8-21(18)25/h2-5,7-14H,6,15-17H2,1H3. The van der Waals surface area contributed by atoms with Crippen LogP contribution >= 0.6 is 11.6 Å². The fourth-order valence-electron chi connectivity index (χ4n) is 3.41. The summed E-state index contributed by atoms with van der Waals surface area (Å²) in [4.78, 5) is 4.85. The van der Waals surface area contributed by atoms with Crippen LogP contribution in [0.4, 0.5) is 0 Å². The van der Waals surface area contributed by atoms with Crippen LogP contribution in [-0.2, 0) is 13.0 Å². The lowest BCUT2D eigenvalue weighted by molar-refractivity contribution is 0.301. The van der Waals surface area contributed by atoms with E-state index in [0.717, 1.165) is 51.9 Å². The van der Waals surface area contributed by atoms with E-state index >= 15 is 0 Å². The van der Waals surface area contributed by atoms with Crippen molar-refractivity contribution in [2.45, 2.75) is 19.4 Å². The van der Waals surface area contributed by atoms with Gasteiger partial charge in [0, 0.05) is 18.0 Å². The Kier molecular flexibility index (Phi) is 6.01. The van der Waals surface area contributed by atoms with Gasteiger partial charge in [-0.15, -0.1) is 0 Å².